The van der Waals surface area contributed by atoms with Crippen molar-refractivity contribution in [1.82, 2.24) is 24.2 Å². The molecule has 0 atom stereocenters. The molecule has 1 amide bonds. The number of carbonyl (C=O) groups is 1. The van der Waals surface area contributed by atoms with Crippen molar-refractivity contribution in [2.45, 2.75) is 13.0 Å². The maximum absolute atomic E-state index is 12.8. The molecule has 0 saturated heterocycles. The first-order valence-electron chi connectivity index (χ1n) is 7.90. The zero-order valence-electron chi connectivity index (χ0n) is 13.3. The Morgan fingerprint density at radius 1 is 1.17 bits per heavy atom. The molecular formula is C17H17N5O2. The molecule has 7 nitrogen and oxygen atoms in total. The minimum Gasteiger partial charge on any atom is -0.336 e. The second-order valence-electron chi connectivity index (χ2n) is 5.93. The minimum absolute atomic E-state index is 0.0247. The number of hydrogen-bond acceptors (Lipinski definition) is 4. The molecule has 0 bridgehead atoms. The highest BCUT2D eigenvalue weighted by atomic mass is 16.2. The molecule has 1 aromatic carbocycles. The van der Waals surface area contributed by atoms with Crippen molar-refractivity contribution in [3.63, 3.8) is 0 Å². The lowest BCUT2D eigenvalue weighted by Gasteiger charge is -2.20. The van der Waals surface area contributed by atoms with Gasteiger partial charge in [0, 0.05) is 50.2 Å². The molecule has 3 heterocycles. The number of aryl methyl sites for hydroxylation is 1. The summed E-state index contributed by atoms with van der Waals surface area (Å²) in [6, 6.07) is 9.34. The predicted molar refractivity (Wildman–Crippen MR) is 88.8 cm³/mol. The molecule has 0 radical (unpaired) electrons. The van der Waals surface area contributed by atoms with Gasteiger partial charge >= 0.3 is 5.69 Å². The maximum atomic E-state index is 12.8. The monoisotopic (exact) mass is 323 g/mol. The molecule has 122 valence electrons. The molecule has 7 heteroatoms. The lowest BCUT2D eigenvalue weighted by atomic mass is 10.1. The number of carbonyl (C=O) groups excluding carboxylic acids is 1. The summed E-state index contributed by atoms with van der Waals surface area (Å²) < 4.78 is 3.00. The fourth-order valence-electron chi connectivity index (χ4n) is 3.13. The first-order chi connectivity index (χ1) is 11.6. The van der Waals surface area contributed by atoms with Gasteiger partial charge in [-0.25, -0.2) is 9.48 Å². The second kappa shape index (κ2) is 5.59. The molecule has 2 aromatic heterocycles. The Bertz CT molecular complexity index is 988. The van der Waals surface area contributed by atoms with Gasteiger partial charge in [-0.2, -0.15) is 5.10 Å². The van der Waals surface area contributed by atoms with Crippen LogP contribution in [-0.2, 0) is 20.0 Å². The van der Waals surface area contributed by atoms with Crippen LogP contribution >= 0.6 is 0 Å². The van der Waals surface area contributed by atoms with Crippen molar-refractivity contribution < 1.29 is 4.79 Å². The summed E-state index contributed by atoms with van der Waals surface area (Å²) >= 11 is 0. The van der Waals surface area contributed by atoms with Crippen LogP contribution in [0.3, 0.4) is 0 Å². The Morgan fingerprint density at radius 3 is 2.92 bits per heavy atom. The lowest BCUT2D eigenvalue weighted by molar-refractivity contribution is 0.0758. The smallest absolute Gasteiger partial charge is 0.336 e. The molecular weight excluding hydrogens is 306 g/mol. The predicted octanol–water partition coefficient (Wildman–Crippen LogP) is 0.828. The second-order valence-corrected chi connectivity index (χ2v) is 5.93. The van der Waals surface area contributed by atoms with Crippen molar-refractivity contribution in [1.29, 1.82) is 0 Å². The van der Waals surface area contributed by atoms with E-state index >= 15 is 0 Å². The Hall–Kier alpha value is -2.96. The average Bonchev–Trinajstić information content (AvgIpc) is 2.77. The van der Waals surface area contributed by atoms with Crippen molar-refractivity contribution in [3.05, 3.63) is 58.4 Å². The Morgan fingerprint density at radius 2 is 2.04 bits per heavy atom. The van der Waals surface area contributed by atoms with Crippen LogP contribution in [0.4, 0.5) is 0 Å². The van der Waals surface area contributed by atoms with E-state index in [-0.39, 0.29) is 11.6 Å². The molecule has 0 fully saturated rings. The summed E-state index contributed by atoms with van der Waals surface area (Å²) in [6.45, 7) is 1.53. The molecule has 0 aliphatic carbocycles. The van der Waals surface area contributed by atoms with Gasteiger partial charge in [-0.15, -0.1) is 0 Å². The third-order valence-corrected chi connectivity index (χ3v) is 4.42. The summed E-state index contributed by atoms with van der Waals surface area (Å²) in [5.74, 6) is 0.712. The van der Waals surface area contributed by atoms with Gasteiger partial charge in [0.15, 0.2) is 0 Å². The number of hydrogen-bond donors (Lipinski definition) is 0. The SMILES string of the molecule is Cn1nc2n(c1=O)CCN(C(=O)c1ccc3ncccc3c1)CC2. The molecule has 24 heavy (non-hydrogen) atoms. The van der Waals surface area contributed by atoms with Gasteiger partial charge in [-0.3, -0.25) is 14.3 Å². The van der Waals surface area contributed by atoms with E-state index in [2.05, 4.69) is 10.1 Å². The number of fused-ring (bicyclic) bond motifs is 2. The Labute approximate surface area is 138 Å². The summed E-state index contributed by atoms with van der Waals surface area (Å²) in [6.07, 6.45) is 2.32. The van der Waals surface area contributed by atoms with Crippen LogP contribution < -0.4 is 5.69 Å². The van der Waals surface area contributed by atoms with E-state index in [0.717, 1.165) is 16.7 Å². The van der Waals surface area contributed by atoms with Gasteiger partial charge in [0.1, 0.15) is 5.82 Å². The van der Waals surface area contributed by atoms with E-state index < -0.39 is 0 Å². The van der Waals surface area contributed by atoms with Crippen molar-refractivity contribution in [2.24, 2.45) is 7.05 Å². The van der Waals surface area contributed by atoms with Gasteiger partial charge < -0.3 is 4.90 Å². The van der Waals surface area contributed by atoms with Crippen molar-refractivity contribution in [2.75, 3.05) is 13.1 Å². The van der Waals surface area contributed by atoms with Crippen molar-refractivity contribution >= 4 is 16.8 Å². The maximum Gasteiger partial charge on any atom is 0.345 e. The largest absolute Gasteiger partial charge is 0.345 e. The first kappa shape index (κ1) is 14.6. The van der Waals surface area contributed by atoms with Crippen LogP contribution in [0.5, 0.6) is 0 Å². The molecule has 0 saturated carbocycles. The van der Waals surface area contributed by atoms with Gasteiger partial charge in [0.05, 0.1) is 5.52 Å². The van der Waals surface area contributed by atoms with E-state index in [9.17, 15) is 9.59 Å². The third-order valence-electron chi connectivity index (χ3n) is 4.42. The normalized spacial score (nSPS) is 14.5. The van der Waals surface area contributed by atoms with Crippen LogP contribution in [0.2, 0.25) is 0 Å². The standard InChI is InChI=1S/C17H17N5O2/c1-20-17(24)22-10-9-21(8-6-15(22)19-20)16(23)13-4-5-14-12(11-13)3-2-7-18-14/h2-5,7,11H,6,8-10H2,1H3. The van der Waals surface area contributed by atoms with Gasteiger partial charge in [0.2, 0.25) is 0 Å². The van der Waals surface area contributed by atoms with Crippen LogP contribution in [0.1, 0.15) is 16.2 Å². The summed E-state index contributed by atoms with van der Waals surface area (Å²) in [7, 11) is 1.65. The van der Waals surface area contributed by atoms with Crippen LogP contribution in [0.25, 0.3) is 10.9 Å². The summed E-state index contributed by atoms with van der Waals surface area (Å²) in [5, 5.41) is 5.18. The first-order valence-corrected chi connectivity index (χ1v) is 7.90. The van der Waals surface area contributed by atoms with Crippen LogP contribution in [0, 0.1) is 0 Å². The van der Waals surface area contributed by atoms with Crippen LogP contribution in [0.15, 0.2) is 41.3 Å². The average molecular weight is 323 g/mol. The molecule has 4 rings (SSSR count). The highest BCUT2D eigenvalue weighted by molar-refractivity contribution is 5.97. The van der Waals surface area contributed by atoms with Crippen LogP contribution in [-0.4, -0.2) is 43.2 Å². The topological polar surface area (TPSA) is 73.0 Å². The molecule has 1 aliphatic rings. The number of rotatable bonds is 1. The minimum atomic E-state index is -0.129. The van der Waals surface area contributed by atoms with E-state index in [1.807, 2.05) is 24.3 Å². The number of amides is 1. The molecule has 1 aliphatic heterocycles. The summed E-state index contributed by atoms with van der Waals surface area (Å²) in [5.41, 5.74) is 1.38. The number of pyridine rings is 1. The van der Waals surface area contributed by atoms with E-state index in [0.29, 0.717) is 31.6 Å². The van der Waals surface area contributed by atoms with E-state index in [1.54, 1.807) is 28.8 Å². The lowest BCUT2D eigenvalue weighted by Crippen LogP contribution is -2.35. The van der Waals surface area contributed by atoms with Gasteiger partial charge in [-0.1, -0.05) is 6.07 Å². The fourth-order valence-corrected chi connectivity index (χ4v) is 3.13. The number of aromatic nitrogens is 4. The molecule has 0 unspecified atom stereocenters. The zero-order valence-corrected chi connectivity index (χ0v) is 13.3. The quantitative estimate of drug-likeness (QED) is 0.665. The number of nitrogens with zero attached hydrogens (tertiary/aromatic N) is 5. The van der Waals surface area contributed by atoms with Crippen molar-refractivity contribution in [3.8, 4) is 0 Å². The zero-order chi connectivity index (χ0) is 16.7. The molecule has 0 spiro atoms. The Balaban J connectivity index is 1.59. The molecule has 0 N–H and O–H groups in total. The Kier molecular flexibility index (Phi) is 3.41. The highest BCUT2D eigenvalue weighted by Gasteiger charge is 2.22. The van der Waals surface area contributed by atoms with E-state index in [1.165, 1.54) is 4.68 Å². The number of benzene rings is 1. The van der Waals surface area contributed by atoms with Gasteiger partial charge in [0.25, 0.3) is 5.91 Å². The summed E-state index contributed by atoms with van der Waals surface area (Å²) in [4.78, 5) is 30.9. The highest BCUT2D eigenvalue weighted by Crippen LogP contribution is 2.16. The molecule has 3 aromatic rings. The fraction of sp³-hybridized carbons (Fsp3) is 0.294. The van der Waals surface area contributed by atoms with Gasteiger partial charge in [-0.05, 0) is 24.3 Å². The van der Waals surface area contributed by atoms with E-state index in [4.69, 9.17) is 0 Å². The third kappa shape index (κ3) is 2.38.